The third kappa shape index (κ3) is 1.48. The van der Waals surface area contributed by atoms with Crippen LogP contribution >= 0.6 is 0 Å². The van der Waals surface area contributed by atoms with E-state index in [1.54, 1.807) is 0 Å². The van der Waals surface area contributed by atoms with Crippen molar-refractivity contribution in [1.82, 2.24) is 5.01 Å². The lowest BCUT2D eigenvalue weighted by Gasteiger charge is -2.24. The van der Waals surface area contributed by atoms with Gasteiger partial charge in [-0.15, -0.1) is 0 Å². The van der Waals surface area contributed by atoms with Crippen LogP contribution in [0.1, 0.15) is 19.8 Å². The molecule has 0 bridgehead atoms. The Kier molecular flexibility index (Phi) is 1.83. The summed E-state index contributed by atoms with van der Waals surface area (Å²) in [7, 11) is 0. The fraction of sp³-hybridized carbons (Fsp3) is 0.833. The van der Waals surface area contributed by atoms with Gasteiger partial charge in [0.25, 0.3) is 5.92 Å². The number of hydrogen-bond donors (Lipinski definition) is 1. The van der Waals surface area contributed by atoms with E-state index in [0.717, 1.165) is 6.92 Å². The van der Waals surface area contributed by atoms with Crippen molar-refractivity contribution in [2.45, 2.75) is 31.7 Å². The maximum atomic E-state index is 12.6. The molecule has 0 spiro atoms. The second-order valence-corrected chi connectivity index (χ2v) is 2.81. The fourth-order valence-corrected chi connectivity index (χ4v) is 1.20. The second kappa shape index (κ2) is 2.41. The van der Waals surface area contributed by atoms with E-state index in [1.165, 1.54) is 0 Å². The number of amides is 1. The van der Waals surface area contributed by atoms with Crippen LogP contribution < -0.4 is 5.84 Å². The lowest BCUT2D eigenvalue weighted by Crippen LogP contribution is -2.47. The largest absolute Gasteiger partial charge is 0.273 e. The van der Waals surface area contributed by atoms with E-state index < -0.39 is 17.9 Å². The molecule has 1 amide bonds. The highest BCUT2D eigenvalue weighted by atomic mass is 19.3. The summed E-state index contributed by atoms with van der Waals surface area (Å²) in [5, 5.41) is 0.639. The van der Waals surface area contributed by atoms with Gasteiger partial charge in [-0.2, -0.15) is 0 Å². The number of hydrogen-bond acceptors (Lipinski definition) is 2. The molecule has 0 aromatic carbocycles. The molecule has 0 aromatic heterocycles. The summed E-state index contributed by atoms with van der Waals surface area (Å²) in [6, 6.07) is -1.12. The summed E-state index contributed by atoms with van der Waals surface area (Å²) in [6.07, 6.45) is 0.281. The van der Waals surface area contributed by atoms with E-state index in [2.05, 4.69) is 0 Å². The summed E-state index contributed by atoms with van der Waals surface area (Å²) >= 11 is 0. The van der Waals surface area contributed by atoms with Gasteiger partial charge in [0.05, 0.1) is 0 Å². The van der Waals surface area contributed by atoms with Crippen molar-refractivity contribution >= 4 is 5.91 Å². The first kappa shape index (κ1) is 8.39. The number of alkyl halides is 2. The first-order valence-corrected chi connectivity index (χ1v) is 3.37. The SMILES string of the molecule is CC(F)(F)C1CCC(=O)N1N. The van der Waals surface area contributed by atoms with Crippen LogP contribution in [0.25, 0.3) is 0 Å². The van der Waals surface area contributed by atoms with E-state index in [1.807, 2.05) is 0 Å². The van der Waals surface area contributed by atoms with E-state index in [0.29, 0.717) is 5.01 Å². The van der Waals surface area contributed by atoms with Gasteiger partial charge in [0.2, 0.25) is 5.91 Å². The number of hydrazine groups is 1. The van der Waals surface area contributed by atoms with Gasteiger partial charge in [-0.25, -0.2) is 14.6 Å². The highest BCUT2D eigenvalue weighted by molar-refractivity contribution is 5.78. The van der Waals surface area contributed by atoms with Crippen LogP contribution in [0.2, 0.25) is 0 Å². The van der Waals surface area contributed by atoms with Gasteiger partial charge in [-0.05, 0) is 6.42 Å². The van der Waals surface area contributed by atoms with E-state index >= 15 is 0 Å². The predicted octanol–water partition coefficient (Wildman–Crippen LogP) is 0.506. The first-order chi connectivity index (χ1) is 4.93. The van der Waals surface area contributed by atoms with Gasteiger partial charge in [0, 0.05) is 13.3 Å². The van der Waals surface area contributed by atoms with Crippen molar-refractivity contribution < 1.29 is 13.6 Å². The number of halogens is 2. The smallest absolute Gasteiger partial charge is 0.266 e. The second-order valence-electron chi connectivity index (χ2n) is 2.81. The van der Waals surface area contributed by atoms with Crippen LogP contribution in [-0.4, -0.2) is 22.9 Å². The molecule has 1 aliphatic rings. The predicted molar refractivity (Wildman–Crippen MR) is 34.7 cm³/mol. The lowest BCUT2D eigenvalue weighted by molar-refractivity contribution is -0.135. The van der Waals surface area contributed by atoms with Crippen molar-refractivity contribution in [1.29, 1.82) is 0 Å². The minimum Gasteiger partial charge on any atom is -0.273 e. The van der Waals surface area contributed by atoms with Gasteiger partial charge < -0.3 is 0 Å². The quantitative estimate of drug-likeness (QED) is 0.453. The monoisotopic (exact) mass is 164 g/mol. The molecule has 1 atom stereocenters. The Morgan fingerprint density at radius 1 is 1.73 bits per heavy atom. The average molecular weight is 164 g/mol. The summed E-state index contributed by atoms with van der Waals surface area (Å²) in [6.45, 7) is 0.774. The number of nitrogens with zero attached hydrogens (tertiary/aromatic N) is 1. The Balaban J connectivity index is 2.70. The number of carbonyl (C=O) groups excluding carboxylic acids is 1. The van der Waals surface area contributed by atoms with Crippen LogP contribution in [0.3, 0.4) is 0 Å². The zero-order valence-corrected chi connectivity index (χ0v) is 6.18. The Labute approximate surface area is 63.1 Å². The highest BCUT2D eigenvalue weighted by Gasteiger charge is 2.43. The fourth-order valence-electron chi connectivity index (χ4n) is 1.20. The molecule has 0 aromatic rings. The van der Waals surface area contributed by atoms with Crippen LogP contribution in [0.4, 0.5) is 8.78 Å². The van der Waals surface area contributed by atoms with Crippen molar-refractivity contribution in [2.24, 2.45) is 5.84 Å². The van der Waals surface area contributed by atoms with E-state index in [9.17, 15) is 13.6 Å². The average Bonchev–Trinajstić information content (AvgIpc) is 2.11. The molecule has 1 rings (SSSR count). The molecule has 5 heteroatoms. The van der Waals surface area contributed by atoms with Crippen LogP contribution in [0.15, 0.2) is 0 Å². The molecular weight excluding hydrogens is 154 g/mol. The van der Waals surface area contributed by atoms with Crippen molar-refractivity contribution in [3.63, 3.8) is 0 Å². The molecule has 1 heterocycles. The summed E-state index contributed by atoms with van der Waals surface area (Å²) in [5.41, 5.74) is 0. The highest BCUT2D eigenvalue weighted by Crippen LogP contribution is 2.29. The molecule has 1 aliphatic heterocycles. The number of nitrogens with two attached hydrogens (primary N) is 1. The molecule has 2 N–H and O–H groups in total. The normalized spacial score (nSPS) is 26.4. The third-order valence-electron chi connectivity index (χ3n) is 1.84. The lowest BCUT2D eigenvalue weighted by atomic mass is 10.1. The maximum Gasteiger partial charge on any atom is 0.266 e. The molecule has 0 aliphatic carbocycles. The summed E-state index contributed by atoms with van der Waals surface area (Å²) < 4.78 is 25.2. The van der Waals surface area contributed by atoms with Gasteiger partial charge in [0.15, 0.2) is 0 Å². The zero-order valence-electron chi connectivity index (χ0n) is 6.18. The van der Waals surface area contributed by atoms with Crippen molar-refractivity contribution in [3.8, 4) is 0 Å². The Bertz CT molecular complexity index is 178. The number of carbonyl (C=O) groups is 1. The molecule has 1 unspecified atom stereocenters. The van der Waals surface area contributed by atoms with Crippen molar-refractivity contribution in [3.05, 3.63) is 0 Å². The summed E-state index contributed by atoms with van der Waals surface area (Å²) in [4.78, 5) is 10.7. The van der Waals surface area contributed by atoms with Crippen molar-refractivity contribution in [2.75, 3.05) is 0 Å². The van der Waals surface area contributed by atoms with Crippen LogP contribution in [-0.2, 0) is 4.79 Å². The molecule has 64 valence electrons. The van der Waals surface area contributed by atoms with Gasteiger partial charge in [-0.3, -0.25) is 9.80 Å². The van der Waals surface area contributed by atoms with Crippen LogP contribution in [0.5, 0.6) is 0 Å². The molecule has 3 nitrogen and oxygen atoms in total. The van der Waals surface area contributed by atoms with E-state index in [4.69, 9.17) is 5.84 Å². The standard InChI is InChI=1S/C6H10F2N2O/c1-6(7,8)4-2-3-5(11)10(4)9/h4H,2-3,9H2,1H3. The zero-order chi connectivity index (χ0) is 8.65. The van der Waals surface area contributed by atoms with Gasteiger partial charge in [-0.1, -0.05) is 0 Å². The molecule has 0 saturated carbocycles. The third-order valence-corrected chi connectivity index (χ3v) is 1.84. The molecule has 1 saturated heterocycles. The number of rotatable bonds is 1. The summed E-state index contributed by atoms with van der Waals surface area (Å²) in [5.74, 6) is 1.82. The van der Waals surface area contributed by atoms with Gasteiger partial charge >= 0.3 is 0 Å². The van der Waals surface area contributed by atoms with Crippen LogP contribution in [0, 0.1) is 0 Å². The molecule has 0 radical (unpaired) electrons. The Hall–Kier alpha value is -0.710. The molecule has 1 fully saturated rings. The first-order valence-electron chi connectivity index (χ1n) is 3.37. The maximum absolute atomic E-state index is 12.6. The Morgan fingerprint density at radius 3 is 2.45 bits per heavy atom. The topological polar surface area (TPSA) is 46.3 Å². The Morgan fingerprint density at radius 2 is 2.27 bits per heavy atom. The van der Waals surface area contributed by atoms with Gasteiger partial charge in [0.1, 0.15) is 6.04 Å². The van der Waals surface area contributed by atoms with E-state index in [-0.39, 0.29) is 12.8 Å². The molecule has 11 heavy (non-hydrogen) atoms. The minimum absolute atomic E-state index is 0.130. The molecular formula is C6H10F2N2O. The minimum atomic E-state index is -2.89.